The highest BCUT2D eigenvalue weighted by atomic mass is 15.0. The zero-order valence-electron chi connectivity index (χ0n) is 10.4. The molecule has 0 spiro atoms. The fraction of sp³-hybridized carbons (Fsp3) is 0.200. The van der Waals surface area contributed by atoms with Crippen LogP contribution in [0.25, 0.3) is 21.8 Å². The number of nitrogens with zero attached hydrogens (tertiary/aromatic N) is 2. The molecule has 0 radical (unpaired) electrons. The van der Waals surface area contributed by atoms with Gasteiger partial charge < -0.3 is 0 Å². The molecule has 0 aliphatic heterocycles. The van der Waals surface area contributed by atoms with E-state index < -0.39 is 0 Å². The van der Waals surface area contributed by atoms with E-state index in [9.17, 15) is 0 Å². The highest BCUT2D eigenvalue weighted by Crippen LogP contribution is 2.22. The van der Waals surface area contributed by atoms with Crippen LogP contribution < -0.4 is 9.13 Å². The SMILES string of the molecule is Cc1cc2ccc[n+](C)c2c2c1ccc[n+]2C. The number of aryl methyl sites for hydroxylation is 3. The van der Waals surface area contributed by atoms with Crippen molar-refractivity contribution >= 4 is 21.8 Å². The first-order chi connectivity index (χ1) is 8.18. The van der Waals surface area contributed by atoms with E-state index in [1.165, 1.54) is 27.4 Å². The monoisotopic (exact) mass is 224 g/mol. The van der Waals surface area contributed by atoms with E-state index in [1.807, 2.05) is 0 Å². The Bertz CT molecular complexity index is 730. The van der Waals surface area contributed by atoms with E-state index in [-0.39, 0.29) is 0 Å². The lowest BCUT2D eigenvalue weighted by molar-refractivity contribution is -0.664. The van der Waals surface area contributed by atoms with Crippen molar-refractivity contribution in [2.24, 2.45) is 14.1 Å². The van der Waals surface area contributed by atoms with Crippen molar-refractivity contribution in [3.63, 3.8) is 0 Å². The van der Waals surface area contributed by atoms with E-state index in [4.69, 9.17) is 0 Å². The predicted octanol–water partition coefficient (Wildman–Crippen LogP) is 1.95. The Morgan fingerprint density at radius 2 is 1.53 bits per heavy atom. The normalized spacial score (nSPS) is 11.2. The molecule has 0 atom stereocenters. The quantitative estimate of drug-likeness (QED) is 0.407. The summed E-state index contributed by atoms with van der Waals surface area (Å²) in [6, 6.07) is 10.8. The van der Waals surface area contributed by atoms with Gasteiger partial charge in [-0.3, -0.25) is 0 Å². The van der Waals surface area contributed by atoms with Gasteiger partial charge in [0.1, 0.15) is 14.1 Å². The third-order valence-corrected chi connectivity index (χ3v) is 3.41. The molecule has 0 aliphatic carbocycles. The standard InChI is InChI=1S/C15H16N2/c1-11-10-12-6-4-8-16(2)14(12)15-13(11)7-5-9-17(15)3/h4-10H,1-3H3/q+2. The van der Waals surface area contributed by atoms with E-state index in [0.717, 1.165) is 0 Å². The molecule has 0 amide bonds. The fourth-order valence-corrected chi connectivity index (χ4v) is 2.59. The van der Waals surface area contributed by atoms with Gasteiger partial charge in [-0.15, -0.1) is 0 Å². The number of hydrogen-bond donors (Lipinski definition) is 0. The van der Waals surface area contributed by atoms with Gasteiger partial charge in [0.05, 0.1) is 10.8 Å². The third-order valence-electron chi connectivity index (χ3n) is 3.41. The van der Waals surface area contributed by atoms with Crippen LogP contribution in [-0.4, -0.2) is 0 Å². The molecule has 84 valence electrons. The second-order valence-electron chi connectivity index (χ2n) is 4.63. The average molecular weight is 224 g/mol. The minimum Gasteiger partial charge on any atom is -0.195 e. The van der Waals surface area contributed by atoms with Gasteiger partial charge in [-0.2, -0.15) is 9.13 Å². The highest BCUT2D eigenvalue weighted by Gasteiger charge is 2.18. The molecule has 2 nitrogen and oxygen atoms in total. The van der Waals surface area contributed by atoms with Crippen molar-refractivity contribution in [1.82, 2.24) is 0 Å². The maximum Gasteiger partial charge on any atom is 0.285 e. The molecule has 0 unspecified atom stereocenters. The number of benzene rings is 1. The Hall–Kier alpha value is -1.96. The minimum atomic E-state index is 1.29. The van der Waals surface area contributed by atoms with Gasteiger partial charge in [-0.05, 0) is 30.7 Å². The number of aromatic nitrogens is 2. The van der Waals surface area contributed by atoms with Gasteiger partial charge in [0.15, 0.2) is 12.4 Å². The largest absolute Gasteiger partial charge is 0.285 e. The smallest absolute Gasteiger partial charge is 0.195 e. The molecule has 0 N–H and O–H groups in total. The summed E-state index contributed by atoms with van der Waals surface area (Å²) in [5, 5.41) is 2.62. The summed E-state index contributed by atoms with van der Waals surface area (Å²) in [5.74, 6) is 0. The van der Waals surface area contributed by atoms with Gasteiger partial charge in [0.25, 0.3) is 11.0 Å². The Balaban J connectivity index is 2.70. The van der Waals surface area contributed by atoms with Gasteiger partial charge in [0, 0.05) is 12.1 Å². The Morgan fingerprint density at radius 3 is 2.29 bits per heavy atom. The van der Waals surface area contributed by atoms with Crippen LogP contribution in [0.3, 0.4) is 0 Å². The number of pyridine rings is 2. The van der Waals surface area contributed by atoms with E-state index >= 15 is 0 Å². The second-order valence-corrected chi connectivity index (χ2v) is 4.63. The van der Waals surface area contributed by atoms with Crippen LogP contribution in [-0.2, 0) is 14.1 Å². The number of hydrogen-bond acceptors (Lipinski definition) is 0. The molecular weight excluding hydrogens is 208 g/mol. The Morgan fingerprint density at radius 1 is 0.882 bits per heavy atom. The molecule has 0 saturated heterocycles. The van der Waals surface area contributed by atoms with Gasteiger partial charge in [-0.1, -0.05) is 0 Å². The molecule has 2 heteroatoms. The van der Waals surface area contributed by atoms with E-state index in [2.05, 4.69) is 72.9 Å². The van der Waals surface area contributed by atoms with Crippen molar-refractivity contribution < 1.29 is 9.13 Å². The van der Waals surface area contributed by atoms with Crippen molar-refractivity contribution in [3.05, 3.63) is 48.3 Å². The molecule has 0 saturated carbocycles. The predicted molar refractivity (Wildman–Crippen MR) is 68.5 cm³/mol. The van der Waals surface area contributed by atoms with E-state index in [1.54, 1.807) is 0 Å². The first-order valence-corrected chi connectivity index (χ1v) is 5.85. The van der Waals surface area contributed by atoms with Crippen molar-refractivity contribution in [3.8, 4) is 0 Å². The van der Waals surface area contributed by atoms with Crippen LogP contribution in [0.2, 0.25) is 0 Å². The van der Waals surface area contributed by atoms with Crippen LogP contribution in [0.5, 0.6) is 0 Å². The number of rotatable bonds is 0. The second kappa shape index (κ2) is 3.52. The van der Waals surface area contributed by atoms with Crippen LogP contribution in [0, 0.1) is 6.92 Å². The summed E-state index contributed by atoms with van der Waals surface area (Å²) in [6.45, 7) is 2.18. The number of fused-ring (bicyclic) bond motifs is 3. The van der Waals surface area contributed by atoms with Gasteiger partial charge in [-0.25, -0.2) is 0 Å². The summed E-state index contributed by atoms with van der Waals surface area (Å²) in [7, 11) is 4.21. The third kappa shape index (κ3) is 1.41. The summed E-state index contributed by atoms with van der Waals surface area (Å²) >= 11 is 0. The van der Waals surface area contributed by atoms with Crippen molar-refractivity contribution in [1.29, 1.82) is 0 Å². The highest BCUT2D eigenvalue weighted by molar-refractivity contribution is 6.00. The zero-order valence-corrected chi connectivity index (χ0v) is 10.4. The van der Waals surface area contributed by atoms with Crippen LogP contribution >= 0.6 is 0 Å². The lowest BCUT2D eigenvalue weighted by atomic mass is 10.0. The van der Waals surface area contributed by atoms with Gasteiger partial charge in [0.2, 0.25) is 0 Å². The molecule has 0 bridgehead atoms. The lowest BCUT2D eigenvalue weighted by Gasteiger charge is -2.03. The topological polar surface area (TPSA) is 7.76 Å². The molecule has 0 fully saturated rings. The molecule has 1 aromatic carbocycles. The van der Waals surface area contributed by atoms with Crippen molar-refractivity contribution in [2.45, 2.75) is 6.92 Å². The fourth-order valence-electron chi connectivity index (χ4n) is 2.59. The minimum absolute atomic E-state index is 1.29. The van der Waals surface area contributed by atoms with Gasteiger partial charge >= 0.3 is 0 Å². The Labute approximate surface area is 101 Å². The first kappa shape index (κ1) is 10.2. The van der Waals surface area contributed by atoms with E-state index in [0.29, 0.717) is 0 Å². The molecule has 17 heavy (non-hydrogen) atoms. The molecule has 2 heterocycles. The summed E-state index contributed by atoms with van der Waals surface area (Å²) in [4.78, 5) is 0. The Kier molecular flexibility index (Phi) is 2.11. The van der Waals surface area contributed by atoms with Crippen LogP contribution in [0.4, 0.5) is 0 Å². The lowest BCUT2D eigenvalue weighted by Crippen LogP contribution is -2.35. The van der Waals surface area contributed by atoms with Crippen molar-refractivity contribution in [2.75, 3.05) is 0 Å². The molecule has 3 rings (SSSR count). The maximum absolute atomic E-state index is 2.26. The summed E-state index contributed by atoms with van der Waals surface area (Å²) in [6.07, 6.45) is 4.21. The van der Waals surface area contributed by atoms with Crippen LogP contribution in [0.1, 0.15) is 5.56 Å². The summed E-state index contributed by atoms with van der Waals surface area (Å²) in [5.41, 5.74) is 3.91. The molecule has 3 aromatic rings. The molecule has 2 aromatic heterocycles. The average Bonchev–Trinajstić information content (AvgIpc) is 2.30. The molecular formula is C15H16N2+2. The molecule has 0 aliphatic rings. The van der Waals surface area contributed by atoms with Crippen LogP contribution in [0.15, 0.2) is 42.7 Å². The first-order valence-electron chi connectivity index (χ1n) is 5.85. The summed E-state index contributed by atoms with van der Waals surface area (Å²) < 4.78 is 4.39. The zero-order chi connectivity index (χ0) is 12.0. The maximum atomic E-state index is 2.26.